The van der Waals surface area contributed by atoms with Crippen LogP contribution < -0.4 is 4.74 Å². The summed E-state index contributed by atoms with van der Waals surface area (Å²) in [5.41, 5.74) is 4.87. The van der Waals surface area contributed by atoms with Crippen molar-refractivity contribution in [3.05, 3.63) is 66.4 Å². The van der Waals surface area contributed by atoms with E-state index < -0.39 is 0 Å². The average molecular weight is 458 g/mol. The summed E-state index contributed by atoms with van der Waals surface area (Å²) in [6.45, 7) is 3.67. The molecule has 0 radical (unpaired) electrons. The Balaban J connectivity index is 1.43. The van der Waals surface area contributed by atoms with Gasteiger partial charge in [-0.3, -0.25) is 14.8 Å². The van der Waals surface area contributed by atoms with E-state index in [2.05, 4.69) is 20.1 Å². The van der Waals surface area contributed by atoms with E-state index in [-0.39, 0.29) is 12.5 Å². The van der Waals surface area contributed by atoms with Crippen molar-refractivity contribution in [3.8, 4) is 28.1 Å². The number of hydrogen-bond donors (Lipinski definition) is 2. The third kappa shape index (κ3) is 4.25. The van der Waals surface area contributed by atoms with Gasteiger partial charge in [-0.2, -0.15) is 5.10 Å². The fraction of sp³-hybridized carbons (Fsp3) is 0.269. The number of benzene rings is 2. The van der Waals surface area contributed by atoms with Gasteiger partial charge in [0.1, 0.15) is 5.75 Å². The lowest BCUT2D eigenvalue weighted by atomic mass is 10.0. The lowest BCUT2D eigenvalue weighted by Gasteiger charge is -2.34. The number of aliphatic hydroxyl groups excluding tert-OH is 1. The van der Waals surface area contributed by atoms with Crippen molar-refractivity contribution >= 4 is 16.9 Å². The Morgan fingerprint density at radius 3 is 2.68 bits per heavy atom. The molecule has 0 unspecified atom stereocenters. The molecule has 1 saturated heterocycles. The van der Waals surface area contributed by atoms with Gasteiger partial charge in [-0.05, 0) is 35.9 Å². The maximum atomic E-state index is 13.1. The Hall–Kier alpha value is -3.75. The first-order valence-electron chi connectivity index (χ1n) is 11.4. The van der Waals surface area contributed by atoms with Gasteiger partial charge in [-0.1, -0.05) is 24.3 Å². The summed E-state index contributed by atoms with van der Waals surface area (Å²) in [5, 5.41) is 17.5. The van der Waals surface area contributed by atoms with Crippen molar-refractivity contribution in [1.82, 2.24) is 25.0 Å². The third-order valence-electron chi connectivity index (χ3n) is 6.30. The zero-order valence-electron chi connectivity index (χ0n) is 19.1. The van der Waals surface area contributed by atoms with Gasteiger partial charge in [-0.15, -0.1) is 0 Å². The van der Waals surface area contributed by atoms with E-state index in [4.69, 9.17) is 9.84 Å². The summed E-state index contributed by atoms with van der Waals surface area (Å²) in [4.78, 5) is 21.7. The van der Waals surface area contributed by atoms with Crippen LogP contribution in [0.5, 0.6) is 5.75 Å². The summed E-state index contributed by atoms with van der Waals surface area (Å²) in [6, 6.07) is 17.5. The number of hydrogen-bond acceptors (Lipinski definition) is 6. The zero-order valence-corrected chi connectivity index (χ0v) is 19.1. The van der Waals surface area contributed by atoms with Crippen molar-refractivity contribution < 1.29 is 14.6 Å². The summed E-state index contributed by atoms with van der Waals surface area (Å²) in [7, 11) is 1.65. The first-order chi connectivity index (χ1) is 16.7. The number of para-hydroxylation sites is 1. The Bertz CT molecular complexity index is 1310. The van der Waals surface area contributed by atoms with Crippen LogP contribution in [0, 0.1) is 0 Å². The number of nitrogens with zero attached hydrogens (tertiary/aromatic N) is 4. The van der Waals surface area contributed by atoms with E-state index in [1.807, 2.05) is 59.5 Å². The third-order valence-corrected chi connectivity index (χ3v) is 6.30. The van der Waals surface area contributed by atoms with Gasteiger partial charge in [-0.25, -0.2) is 4.98 Å². The number of carbonyl (C=O) groups excluding carboxylic acids is 1. The molecule has 0 saturated carbocycles. The van der Waals surface area contributed by atoms with E-state index in [0.29, 0.717) is 30.8 Å². The minimum Gasteiger partial charge on any atom is -0.496 e. The number of aromatic amines is 1. The predicted octanol–water partition coefficient (Wildman–Crippen LogP) is 3.05. The first kappa shape index (κ1) is 22.1. The number of carbonyl (C=O) groups is 1. The Morgan fingerprint density at radius 2 is 1.88 bits per heavy atom. The summed E-state index contributed by atoms with van der Waals surface area (Å²) >= 11 is 0. The molecule has 0 aliphatic carbocycles. The van der Waals surface area contributed by atoms with Crippen LogP contribution >= 0.6 is 0 Å². The minimum absolute atomic E-state index is 0.0255. The van der Waals surface area contributed by atoms with E-state index in [9.17, 15) is 4.79 Å². The fourth-order valence-electron chi connectivity index (χ4n) is 4.44. The normalized spacial score (nSPS) is 14.5. The van der Waals surface area contributed by atoms with Crippen molar-refractivity contribution in [1.29, 1.82) is 0 Å². The van der Waals surface area contributed by atoms with Crippen LogP contribution in [0.2, 0.25) is 0 Å². The van der Waals surface area contributed by atoms with Gasteiger partial charge >= 0.3 is 0 Å². The quantitative estimate of drug-likeness (QED) is 0.462. The molecule has 2 aromatic carbocycles. The number of piperazine rings is 1. The molecule has 0 spiro atoms. The Kier molecular flexibility index (Phi) is 6.24. The number of nitrogens with one attached hydrogen (secondary N) is 1. The molecule has 2 aromatic heterocycles. The van der Waals surface area contributed by atoms with Crippen LogP contribution in [-0.2, 0) is 0 Å². The highest BCUT2D eigenvalue weighted by Crippen LogP contribution is 2.34. The monoisotopic (exact) mass is 457 g/mol. The number of H-pyrrole nitrogens is 1. The fourth-order valence-corrected chi connectivity index (χ4v) is 4.44. The standard InChI is InChI=1S/C26H27N5O3/c1-34-23-8-3-2-7-21(23)24-22-16-20(17-27-25(22)29-28-24)18-5-4-6-19(15-18)26(33)31-11-9-30(10-12-31)13-14-32/h2-8,15-17,32H,9-14H2,1H3,(H,27,28,29). The van der Waals surface area contributed by atoms with Crippen LogP contribution in [0.15, 0.2) is 60.8 Å². The molecule has 0 bridgehead atoms. The number of ether oxygens (including phenoxy) is 1. The zero-order chi connectivity index (χ0) is 23.5. The van der Waals surface area contributed by atoms with Crippen molar-refractivity contribution in [2.45, 2.75) is 0 Å². The average Bonchev–Trinajstić information content (AvgIpc) is 3.32. The molecule has 1 fully saturated rings. The van der Waals surface area contributed by atoms with Crippen molar-refractivity contribution in [3.63, 3.8) is 0 Å². The summed E-state index contributed by atoms with van der Waals surface area (Å²) < 4.78 is 5.53. The summed E-state index contributed by atoms with van der Waals surface area (Å²) in [5.74, 6) is 0.780. The van der Waals surface area contributed by atoms with Gasteiger partial charge < -0.3 is 14.7 Å². The molecular formula is C26H27N5O3. The SMILES string of the molecule is COc1ccccc1-c1[nH]nc2ncc(-c3cccc(C(=O)N4CCN(CCO)CC4)c3)cc12. The van der Waals surface area contributed by atoms with E-state index in [0.717, 1.165) is 46.6 Å². The second kappa shape index (κ2) is 9.62. The topological polar surface area (TPSA) is 94.6 Å². The van der Waals surface area contributed by atoms with E-state index >= 15 is 0 Å². The highest BCUT2D eigenvalue weighted by molar-refractivity contribution is 5.97. The maximum absolute atomic E-state index is 13.1. The number of pyridine rings is 1. The maximum Gasteiger partial charge on any atom is 0.253 e. The van der Waals surface area contributed by atoms with Crippen LogP contribution in [0.25, 0.3) is 33.4 Å². The second-order valence-electron chi connectivity index (χ2n) is 8.33. The number of methoxy groups -OCH3 is 1. The number of amides is 1. The molecule has 3 heterocycles. The highest BCUT2D eigenvalue weighted by Gasteiger charge is 2.22. The molecule has 34 heavy (non-hydrogen) atoms. The largest absolute Gasteiger partial charge is 0.496 e. The molecule has 1 aliphatic heterocycles. The highest BCUT2D eigenvalue weighted by atomic mass is 16.5. The molecular weight excluding hydrogens is 430 g/mol. The molecule has 1 amide bonds. The number of rotatable bonds is 6. The molecule has 5 rings (SSSR count). The lowest BCUT2D eigenvalue weighted by Crippen LogP contribution is -2.49. The van der Waals surface area contributed by atoms with Crippen LogP contribution in [0.3, 0.4) is 0 Å². The van der Waals surface area contributed by atoms with Crippen LogP contribution in [0.1, 0.15) is 10.4 Å². The summed E-state index contributed by atoms with van der Waals surface area (Å²) in [6.07, 6.45) is 1.78. The first-order valence-corrected chi connectivity index (χ1v) is 11.4. The number of fused-ring (bicyclic) bond motifs is 1. The number of β-amino-alcohol motifs (C(OH)–C–C–N with tert-alkyl or cyclic N) is 1. The Labute approximate surface area is 197 Å². The van der Waals surface area contributed by atoms with Gasteiger partial charge in [0.25, 0.3) is 5.91 Å². The second-order valence-corrected chi connectivity index (χ2v) is 8.33. The van der Waals surface area contributed by atoms with Crippen LogP contribution in [0.4, 0.5) is 0 Å². The minimum atomic E-state index is 0.0255. The van der Waals surface area contributed by atoms with Crippen molar-refractivity contribution in [2.24, 2.45) is 0 Å². The van der Waals surface area contributed by atoms with Gasteiger partial charge in [0.15, 0.2) is 5.65 Å². The lowest BCUT2D eigenvalue weighted by molar-refractivity contribution is 0.0615. The smallest absolute Gasteiger partial charge is 0.253 e. The van der Waals surface area contributed by atoms with Gasteiger partial charge in [0.05, 0.1) is 19.4 Å². The molecule has 8 nitrogen and oxygen atoms in total. The number of aliphatic hydroxyl groups is 1. The molecule has 0 atom stereocenters. The molecule has 4 aromatic rings. The van der Waals surface area contributed by atoms with Crippen molar-refractivity contribution in [2.75, 3.05) is 46.4 Å². The Morgan fingerprint density at radius 1 is 1.06 bits per heavy atom. The van der Waals surface area contributed by atoms with Gasteiger partial charge in [0, 0.05) is 61.0 Å². The molecule has 2 N–H and O–H groups in total. The molecule has 174 valence electrons. The predicted molar refractivity (Wildman–Crippen MR) is 131 cm³/mol. The number of aromatic nitrogens is 3. The van der Waals surface area contributed by atoms with E-state index in [1.165, 1.54) is 0 Å². The van der Waals surface area contributed by atoms with E-state index in [1.54, 1.807) is 13.3 Å². The van der Waals surface area contributed by atoms with Gasteiger partial charge in [0.2, 0.25) is 0 Å². The molecule has 8 heteroatoms. The molecule has 1 aliphatic rings. The van der Waals surface area contributed by atoms with Crippen LogP contribution in [-0.4, -0.2) is 82.4 Å².